The number of hydrogen-bond donors (Lipinski definition) is 1. The molecule has 0 radical (unpaired) electrons. The van der Waals surface area contributed by atoms with E-state index in [4.69, 9.17) is 5.73 Å². The maximum absolute atomic E-state index is 12.5. The fraction of sp³-hybridized carbons (Fsp3) is 0.929. The Hall–Kier alpha value is -0.0300. The van der Waals surface area contributed by atoms with Crippen molar-refractivity contribution in [1.29, 1.82) is 0 Å². The van der Waals surface area contributed by atoms with Crippen LogP contribution in [-0.4, -0.2) is 54.0 Å². The molecule has 2 atom stereocenters. The number of halogens is 2. The quantitative estimate of drug-likeness (QED) is 0.845. The molecule has 2 fully saturated rings. The second-order valence-electron chi connectivity index (χ2n) is 5.81. The van der Waals surface area contributed by atoms with Crippen LogP contribution >= 0.6 is 24.8 Å². The maximum Gasteiger partial charge on any atom is 0.239 e. The molecular formula is C14H29Cl2N3O. The molecule has 0 aromatic rings. The van der Waals surface area contributed by atoms with Crippen molar-refractivity contribution in [2.75, 3.05) is 26.2 Å². The molecule has 1 amide bonds. The molecular weight excluding hydrogens is 297 g/mol. The molecule has 20 heavy (non-hydrogen) atoms. The summed E-state index contributed by atoms with van der Waals surface area (Å²) in [4.78, 5) is 16.8. The highest BCUT2D eigenvalue weighted by Gasteiger charge is 2.28. The van der Waals surface area contributed by atoms with Gasteiger partial charge in [-0.3, -0.25) is 9.69 Å². The first kappa shape index (κ1) is 20.0. The Bertz CT molecular complexity index is 284. The van der Waals surface area contributed by atoms with Gasteiger partial charge in [0, 0.05) is 19.1 Å². The van der Waals surface area contributed by atoms with E-state index in [9.17, 15) is 4.79 Å². The number of nitrogens with zero attached hydrogens (tertiary/aromatic N) is 2. The van der Waals surface area contributed by atoms with Crippen LogP contribution in [0.1, 0.15) is 45.4 Å². The van der Waals surface area contributed by atoms with Gasteiger partial charge in [-0.1, -0.05) is 12.8 Å². The first-order valence-corrected chi connectivity index (χ1v) is 7.47. The molecule has 2 aliphatic heterocycles. The zero-order valence-corrected chi connectivity index (χ0v) is 14.1. The van der Waals surface area contributed by atoms with E-state index in [-0.39, 0.29) is 42.8 Å². The van der Waals surface area contributed by atoms with E-state index in [0.29, 0.717) is 0 Å². The summed E-state index contributed by atoms with van der Waals surface area (Å²) < 4.78 is 0. The number of nitrogens with two attached hydrogens (primary N) is 1. The predicted octanol–water partition coefficient (Wildman–Crippen LogP) is 2.04. The monoisotopic (exact) mass is 325 g/mol. The number of hydrogen-bond acceptors (Lipinski definition) is 3. The molecule has 0 bridgehead atoms. The molecule has 0 aromatic carbocycles. The van der Waals surface area contributed by atoms with Gasteiger partial charge in [0.1, 0.15) is 0 Å². The fourth-order valence-electron chi connectivity index (χ4n) is 3.11. The minimum Gasteiger partial charge on any atom is -0.340 e. The van der Waals surface area contributed by atoms with Crippen molar-refractivity contribution < 1.29 is 4.79 Å². The summed E-state index contributed by atoms with van der Waals surface area (Å²) in [6.07, 6.45) is 7.20. The van der Waals surface area contributed by atoms with Crippen LogP contribution in [0.2, 0.25) is 0 Å². The van der Waals surface area contributed by atoms with Crippen molar-refractivity contribution in [2.45, 2.75) is 57.5 Å². The molecule has 2 N–H and O–H groups in total. The van der Waals surface area contributed by atoms with E-state index < -0.39 is 0 Å². The zero-order chi connectivity index (χ0) is 13.0. The summed E-state index contributed by atoms with van der Waals surface area (Å²) in [5.41, 5.74) is 5.96. The zero-order valence-electron chi connectivity index (χ0n) is 12.4. The Balaban J connectivity index is 0.00000180. The SMILES string of the molecule is CC(C(=O)N1CCCC(N)C1)N1CCCCCC1.Cl.Cl. The van der Waals surface area contributed by atoms with Gasteiger partial charge in [0.15, 0.2) is 0 Å². The van der Waals surface area contributed by atoms with E-state index in [2.05, 4.69) is 11.8 Å². The van der Waals surface area contributed by atoms with Gasteiger partial charge in [-0.2, -0.15) is 0 Å². The number of carbonyl (C=O) groups is 1. The Morgan fingerprint density at radius 1 is 1.05 bits per heavy atom. The van der Waals surface area contributed by atoms with E-state index in [1.807, 2.05) is 4.90 Å². The molecule has 0 aromatic heterocycles. The lowest BCUT2D eigenvalue weighted by atomic mass is 10.1. The predicted molar refractivity (Wildman–Crippen MR) is 87.8 cm³/mol. The van der Waals surface area contributed by atoms with Crippen LogP contribution in [0, 0.1) is 0 Å². The highest BCUT2D eigenvalue weighted by Crippen LogP contribution is 2.16. The molecule has 2 heterocycles. The summed E-state index contributed by atoms with van der Waals surface area (Å²) in [7, 11) is 0. The first-order valence-electron chi connectivity index (χ1n) is 7.47. The summed E-state index contributed by atoms with van der Waals surface area (Å²) in [5, 5.41) is 0. The summed E-state index contributed by atoms with van der Waals surface area (Å²) in [5.74, 6) is 0.284. The van der Waals surface area contributed by atoms with Gasteiger partial charge in [0.2, 0.25) is 5.91 Å². The van der Waals surface area contributed by atoms with Crippen molar-refractivity contribution in [1.82, 2.24) is 9.80 Å². The lowest BCUT2D eigenvalue weighted by molar-refractivity contribution is -0.137. The van der Waals surface area contributed by atoms with Crippen LogP contribution in [0.4, 0.5) is 0 Å². The van der Waals surface area contributed by atoms with Gasteiger partial charge < -0.3 is 10.6 Å². The largest absolute Gasteiger partial charge is 0.340 e. The Labute approximate surface area is 135 Å². The Morgan fingerprint density at radius 3 is 2.20 bits per heavy atom. The van der Waals surface area contributed by atoms with Gasteiger partial charge in [0.25, 0.3) is 0 Å². The van der Waals surface area contributed by atoms with Crippen molar-refractivity contribution in [3.8, 4) is 0 Å². The molecule has 2 unspecified atom stereocenters. The molecule has 2 rings (SSSR count). The minimum absolute atomic E-state index is 0. The van der Waals surface area contributed by atoms with E-state index in [1.54, 1.807) is 0 Å². The molecule has 0 aliphatic carbocycles. The Kier molecular flexibility index (Phi) is 9.81. The average molecular weight is 326 g/mol. The van der Waals surface area contributed by atoms with Crippen molar-refractivity contribution in [3.05, 3.63) is 0 Å². The molecule has 6 heteroatoms. The molecule has 2 saturated heterocycles. The van der Waals surface area contributed by atoms with Crippen molar-refractivity contribution >= 4 is 30.7 Å². The van der Waals surface area contributed by atoms with E-state index in [0.717, 1.165) is 39.0 Å². The summed E-state index contributed by atoms with van der Waals surface area (Å²) in [6, 6.07) is 0.215. The highest BCUT2D eigenvalue weighted by molar-refractivity contribution is 5.85. The number of likely N-dealkylation sites (tertiary alicyclic amines) is 2. The van der Waals surface area contributed by atoms with Gasteiger partial charge in [-0.15, -0.1) is 24.8 Å². The van der Waals surface area contributed by atoms with Crippen LogP contribution < -0.4 is 5.73 Å². The second-order valence-corrected chi connectivity index (χ2v) is 5.81. The van der Waals surface area contributed by atoms with Gasteiger partial charge in [-0.25, -0.2) is 0 Å². The topological polar surface area (TPSA) is 49.6 Å². The fourth-order valence-corrected chi connectivity index (χ4v) is 3.11. The molecule has 0 spiro atoms. The highest BCUT2D eigenvalue weighted by atomic mass is 35.5. The second kappa shape index (κ2) is 9.82. The molecule has 4 nitrogen and oxygen atoms in total. The summed E-state index contributed by atoms with van der Waals surface area (Å²) in [6.45, 7) is 5.86. The van der Waals surface area contributed by atoms with Gasteiger partial charge in [0.05, 0.1) is 6.04 Å². The third-order valence-electron chi connectivity index (χ3n) is 4.32. The van der Waals surface area contributed by atoms with Crippen molar-refractivity contribution in [3.63, 3.8) is 0 Å². The van der Waals surface area contributed by atoms with Crippen LogP contribution in [0.25, 0.3) is 0 Å². The number of amides is 1. The molecule has 120 valence electrons. The van der Waals surface area contributed by atoms with Crippen molar-refractivity contribution in [2.24, 2.45) is 5.73 Å². The average Bonchev–Trinajstić information content (AvgIpc) is 2.66. The number of piperidine rings is 1. The standard InChI is InChI=1S/C14H27N3O.2ClH/c1-12(16-8-4-2-3-5-9-16)14(18)17-10-6-7-13(15)11-17;;/h12-13H,2-11,15H2,1H3;2*1H. The normalized spacial score (nSPS) is 25.9. The minimum atomic E-state index is 0. The summed E-state index contributed by atoms with van der Waals surface area (Å²) >= 11 is 0. The van der Waals surface area contributed by atoms with Crippen LogP contribution in [-0.2, 0) is 4.79 Å². The third kappa shape index (κ3) is 5.40. The van der Waals surface area contributed by atoms with Crippen LogP contribution in [0.3, 0.4) is 0 Å². The number of carbonyl (C=O) groups excluding carboxylic acids is 1. The molecule has 2 aliphatic rings. The van der Waals surface area contributed by atoms with Crippen LogP contribution in [0.5, 0.6) is 0 Å². The third-order valence-corrected chi connectivity index (χ3v) is 4.32. The first-order chi connectivity index (χ1) is 8.68. The van der Waals surface area contributed by atoms with E-state index in [1.165, 1.54) is 25.7 Å². The lowest BCUT2D eigenvalue weighted by Crippen LogP contribution is -2.52. The van der Waals surface area contributed by atoms with Crippen LogP contribution in [0.15, 0.2) is 0 Å². The van der Waals surface area contributed by atoms with E-state index >= 15 is 0 Å². The van der Waals surface area contributed by atoms with Gasteiger partial charge in [-0.05, 0) is 45.7 Å². The maximum atomic E-state index is 12.5. The van der Waals surface area contributed by atoms with Gasteiger partial charge >= 0.3 is 0 Å². The Morgan fingerprint density at radius 2 is 1.65 bits per heavy atom. The number of rotatable bonds is 2. The smallest absolute Gasteiger partial charge is 0.239 e. The lowest BCUT2D eigenvalue weighted by Gasteiger charge is -2.36. The molecule has 0 saturated carbocycles.